The van der Waals surface area contributed by atoms with Crippen molar-refractivity contribution in [3.8, 4) is 6.07 Å². The van der Waals surface area contributed by atoms with E-state index in [1.54, 1.807) is 12.1 Å². The molecule has 0 fully saturated rings. The van der Waals surface area contributed by atoms with E-state index >= 15 is 0 Å². The second-order valence-electron chi connectivity index (χ2n) is 4.13. The first-order valence-electron chi connectivity index (χ1n) is 5.53. The molecule has 0 saturated carbocycles. The van der Waals surface area contributed by atoms with Crippen LogP contribution >= 0.6 is 0 Å². The number of benzene rings is 1. The van der Waals surface area contributed by atoms with Crippen molar-refractivity contribution in [2.45, 2.75) is 12.7 Å². The summed E-state index contributed by atoms with van der Waals surface area (Å²) in [5.41, 5.74) is 0.165. The van der Waals surface area contributed by atoms with Crippen molar-refractivity contribution in [3.63, 3.8) is 0 Å². The van der Waals surface area contributed by atoms with Crippen LogP contribution in [0.4, 0.5) is 13.2 Å². The Morgan fingerprint density at radius 1 is 1.30 bits per heavy atom. The Bertz CT molecular complexity index is 719. The number of nitriles is 1. The van der Waals surface area contributed by atoms with Gasteiger partial charge in [-0.2, -0.15) is 18.4 Å². The van der Waals surface area contributed by atoms with Gasteiger partial charge in [0.1, 0.15) is 0 Å². The molecule has 0 aliphatic rings. The molecule has 20 heavy (non-hydrogen) atoms. The lowest BCUT2D eigenvalue weighted by Gasteiger charge is -2.02. The second kappa shape index (κ2) is 4.85. The number of alkyl halides is 3. The summed E-state index contributed by atoms with van der Waals surface area (Å²) in [7, 11) is 1.02. The van der Waals surface area contributed by atoms with Crippen LogP contribution in [0.2, 0.25) is 0 Å². The Hall–Kier alpha value is -2.56. The van der Waals surface area contributed by atoms with Gasteiger partial charge in [-0.1, -0.05) is 12.1 Å². The van der Waals surface area contributed by atoms with Crippen LogP contribution in [0, 0.1) is 11.3 Å². The molecule has 2 rings (SSSR count). The molecule has 5 nitrogen and oxygen atoms in total. The molecule has 0 aliphatic heterocycles. The van der Waals surface area contributed by atoms with Crippen molar-refractivity contribution in [1.82, 2.24) is 14.3 Å². The van der Waals surface area contributed by atoms with Gasteiger partial charge in [-0.3, -0.25) is 4.57 Å². The molecule has 0 unspecified atom stereocenters. The molecular weight excluding hydrogens is 273 g/mol. The van der Waals surface area contributed by atoms with Gasteiger partial charge >= 0.3 is 11.9 Å². The summed E-state index contributed by atoms with van der Waals surface area (Å²) < 4.78 is 39.0. The first-order chi connectivity index (χ1) is 9.32. The van der Waals surface area contributed by atoms with Gasteiger partial charge in [0.05, 0.1) is 18.2 Å². The van der Waals surface area contributed by atoms with Crippen LogP contribution in [-0.4, -0.2) is 14.3 Å². The van der Waals surface area contributed by atoms with E-state index in [4.69, 9.17) is 5.26 Å². The molecule has 0 saturated heterocycles. The van der Waals surface area contributed by atoms with Gasteiger partial charge in [0.2, 0.25) is 5.82 Å². The van der Waals surface area contributed by atoms with E-state index < -0.39 is 17.7 Å². The molecule has 1 aromatic heterocycles. The van der Waals surface area contributed by atoms with Crippen LogP contribution in [0.3, 0.4) is 0 Å². The van der Waals surface area contributed by atoms with Crippen molar-refractivity contribution in [2.75, 3.05) is 0 Å². The highest BCUT2D eigenvalue weighted by Gasteiger charge is 2.37. The van der Waals surface area contributed by atoms with Crippen LogP contribution in [0.25, 0.3) is 0 Å². The normalized spacial score (nSPS) is 11.3. The van der Waals surface area contributed by atoms with Gasteiger partial charge in [0, 0.05) is 7.05 Å². The fraction of sp³-hybridized carbons (Fsp3) is 0.250. The fourth-order valence-corrected chi connectivity index (χ4v) is 1.70. The summed E-state index contributed by atoms with van der Waals surface area (Å²) in [6.07, 6.45) is -4.68. The number of halogens is 3. The van der Waals surface area contributed by atoms with E-state index in [9.17, 15) is 18.0 Å². The number of aromatic nitrogens is 3. The Kier molecular flexibility index (Phi) is 3.36. The molecular formula is C12H9F3N4O. The molecule has 8 heteroatoms. The highest BCUT2D eigenvalue weighted by molar-refractivity contribution is 5.31. The summed E-state index contributed by atoms with van der Waals surface area (Å²) in [6.45, 7) is -0.0888. The number of hydrogen-bond acceptors (Lipinski definition) is 3. The number of nitrogens with zero attached hydrogens (tertiary/aromatic N) is 4. The zero-order valence-electron chi connectivity index (χ0n) is 10.3. The van der Waals surface area contributed by atoms with E-state index in [-0.39, 0.29) is 6.54 Å². The molecule has 2 aromatic rings. The SMILES string of the molecule is Cn1c(C(F)(F)F)nn(Cc2ccc(C#N)cc2)c1=O. The molecule has 104 valence electrons. The number of rotatable bonds is 2. The number of hydrogen-bond donors (Lipinski definition) is 0. The summed E-state index contributed by atoms with van der Waals surface area (Å²) in [5.74, 6) is -1.24. The van der Waals surface area contributed by atoms with E-state index in [2.05, 4.69) is 5.10 Å². The monoisotopic (exact) mass is 282 g/mol. The summed E-state index contributed by atoms with van der Waals surface area (Å²) in [5, 5.41) is 11.9. The predicted octanol–water partition coefficient (Wildman–Crippen LogP) is 1.52. The lowest BCUT2D eigenvalue weighted by Crippen LogP contribution is -2.24. The Balaban J connectivity index is 2.35. The fourth-order valence-electron chi connectivity index (χ4n) is 1.70. The second-order valence-corrected chi connectivity index (χ2v) is 4.13. The van der Waals surface area contributed by atoms with Gasteiger partial charge in [-0.05, 0) is 17.7 Å². The van der Waals surface area contributed by atoms with Crippen LogP contribution < -0.4 is 5.69 Å². The van der Waals surface area contributed by atoms with E-state index in [1.165, 1.54) is 12.1 Å². The molecule has 0 amide bonds. The summed E-state index contributed by atoms with van der Waals surface area (Å²) >= 11 is 0. The molecule has 0 atom stereocenters. The highest BCUT2D eigenvalue weighted by Crippen LogP contribution is 2.26. The highest BCUT2D eigenvalue weighted by atomic mass is 19.4. The third-order valence-corrected chi connectivity index (χ3v) is 2.71. The lowest BCUT2D eigenvalue weighted by molar-refractivity contribution is -0.147. The molecule has 0 radical (unpaired) electrons. The predicted molar refractivity (Wildman–Crippen MR) is 62.7 cm³/mol. The zero-order chi connectivity index (χ0) is 14.9. The third-order valence-electron chi connectivity index (χ3n) is 2.71. The van der Waals surface area contributed by atoms with Crippen molar-refractivity contribution in [1.29, 1.82) is 5.26 Å². The minimum Gasteiger partial charge on any atom is -0.274 e. The van der Waals surface area contributed by atoms with Crippen molar-refractivity contribution in [2.24, 2.45) is 7.05 Å². The van der Waals surface area contributed by atoms with Crippen LogP contribution in [0.1, 0.15) is 17.0 Å². The first kappa shape index (κ1) is 13.9. The maximum absolute atomic E-state index is 12.6. The Morgan fingerprint density at radius 2 is 1.90 bits per heavy atom. The Morgan fingerprint density at radius 3 is 2.35 bits per heavy atom. The van der Waals surface area contributed by atoms with E-state index in [0.29, 0.717) is 15.7 Å². The smallest absolute Gasteiger partial charge is 0.274 e. The van der Waals surface area contributed by atoms with Crippen molar-refractivity contribution < 1.29 is 13.2 Å². The maximum atomic E-state index is 12.6. The molecule has 0 aliphatic carbocycles. The largest absolute Gasteiger partial charge is 0.451 e. The maximum Gasteiger partial charge on any atom is 0.451 e. The average Bonchev–Trinajstić information content (AvgIpc) is 2.68. The third kappa shape index (κ3) is 2.56. The van der Waals surface area contributed by atoms with Crippen molar-refractivity contribution in [3.05, 3.63) is 51.7 Å². The van der Waals surface area contributed by atoms with Crippen LogP contribution in [-0.2, 0) is 19.8 Å². The molecule has 1 heterocycles. The van der Waals surface area contributed by atoms with Gasteiger partial charge in [-0.25, -0.2) is 9.48 Å². The van der Waals surface area contributed by atoms with Crippen LogP contribution in [0.15, 0.2) is 29.1 Å². The zero-order valence-corrected chi connectivity index (χ0v) is 10.3. The lowest BCUT2D eigenvalue weighted by atomic mass is 10.1. The summed E-state index contributed by atoms with van der Waals surface area (Å²) in [6, 6.07) is 8.09. The minimum atomic E-state index is -4.68. The van der Waals surface area contributed by atoms with Gasteiger partial charge in [-0.15, -0.1) is 5.10 Å². The summed E-state index contributed by atoms with van der Waals surface area (Å²) in [4.78, 5) is 11.7. The van der Waals surface area contributed by atoms with Crippen molar-refractivity contribution >= 4 is 0 Å². The quantitative estimate of drug-likeness (QED) is 0.839. The molecule has 1 aromatic carbocycles. The van der Waals surface area contributed by atoms with Gasteiger partial charge < -0.3 is 0 Å². The van der Waals surface area contributed by atoms with E-state index in [1.807, 2.05) is 6.07 Å². The van der Waals surface area contributed by atoms with Crippen LogP contribution in [0.5, 0.6) is 0 Å². The standard InChI is InChI=1S/C12H9F3N4O/c1-18-10(12(13,14)15)17-19(11(18)20)7-9-4-2-8(6-16)3-5-9/h2-5H,7H2,1H3. The molecule has 0 bridgehead atoms. The molecule has 0 N–H and O–H groups in total. The van der Waals surface area contributed by atoms with E-state index in [0.717, 1.165) is 11.7 Å². The molecule has 0 spiro atoms. The minimum absolute atomic E-state index is 0.0888. The average molecular weight is 282 g/mol. The first-order valence-corrected chi connectivity index (χ1v) is 5.53. The topological polar surface area (TPSA) is 63.6 Å². The Labute approximate surface area is 111 Å². The van der Waals surface area contributed by atoms with Gasteiger partial charge in [0.25, 0.3) is 0 Å². The van der Waals surface area contributed by atoms with Gasteiger partial charge in [0.15, 0.2) is 0 Å².